The van der Waals surface area contributed by atoms with Gasteiger partial charge in [0.05, 0.1) is 17.0 Å². The standard InChI is InChI=1S/C22H22N2O6S/c1-13-10-14(17-4-2-3-5-18(17)24-13)11-29-15-6-8-16(9-7-15)31(27,28)19-12-30-22(26)20(19)21(23)25/h2-10,19-20,22,26H,11-12H2,1H3,(H2,23,25). The Morgan fingerprint density at radius 1 is 1.23 bits per heavy atom. The Kier molecular flexibility index (Phi) is 5.65. The molecular weight excluding hydrogens is 420 g/mol. The first-order chi connectivity index (χ1) is 14.8. The molecule has 2 heterocycles. The van der Waals surface area contributed by atoms with E-state index in [0.717, 1.165) is 22.2 Å². The molecule has 4 rings (SSSR count). The van der Waals surface area contributed by atoms with Crippen molar-refractivity contribution in [3.63, 3.8) is 0 Å². The molecule has 0 radical (unpaired) electrons. The van der Waals surface area contributed by atoms with E-state index in [1.54, 1.807) is 12.1 Å². The summed E-state index contributed by atoms with van der Waals surface area (Å²) in [6, 6.07) is 15.6. The summed E-state index contributed by atoms with van der Waals surface area (Å²) >= 11 is 0. The quantitative estimate of drug-likeness (QED) is 0.595. The molecule has 2 aromatic carbocycles. The number of aromatic nitrogens is 1. The van der Waals surface area contributed by atoms with Crippen LogP contribution in [0.15, 0.2) is 59.5 Å². The predicted molar refractivity (Wildman–Crippen MR) is 113 cm³/mol. The highest BCUT2D eigenvalue weighted by molar-refractivity contribution is 7.92. The van der Waals surface area contributed by atoms with Crippen LogP contribution < -0.4 is 10.5 Å². The van der Waals surface area contributed by atoms with Crippen LogP contribution in [-0.4, -0.2) is 42.6 Å². The summed E-state index contributed by atoms with van der Waals surface area (Å²) in [5.74, 6) is -1.74. The number of amides is 1. The number of aliphatic hydroxyl groups excluding tert-OH is 1. The normalized spacial score (nSPS) is 21.3. The Labute approximate surface area is 179 Å². The summed E-state index contributed by atoms with van der Waals surface area (Å²) in [5.41, 5.74) is 7.99. The number of nitrogens with two attached hydrogens (primary N) is 1. The third kappa shape index (κ3) is 4.12. The maximum atomic E-state index is 12.9. The molecule has 3 unspecified atom stereocenters. The van der Waals surface area contributed by atoms with E-state index in [1.165, 1.54) is 12.1 Å². The molecule has 0 bridgehead atoms. The molecule has 0 aliphatic carbocycles. The van der Waals surface area contributed by atoms with Crippen molar-refractivity contribution in [3.8, 4) is 5.75 Å². The Bertz CT molecular complexity index is 1230. The number of hydrogen-bond donors (Lipinski definition) is 2. The number of fused-ring (bicyclic) bond motifs is 1. The van der Waals surface area contributed by atoms with Crippen LogP contribution in [0.5, 0.6) is 5.75 Å². The summed E-state index contributed by atoms with van der Waals surface area (Å²) in [6.07, 6.45) is -1.53. The van der Waals surface area contributed by atoms with Gasteiger partial charge in [0, 0.05) is 16.6 Å². The van der Waals surface area contributed by atoms with E-state index >= 15 is 0 Å². The molecule has 3 N–H and O–H groups in total. The molecule has 9 heteroatoms. The van der Waals surface area contributed by atoms with Crippen LogP contribution in [0.4, 0.5) is 0 Å². The van der Waals surface area contributed by atoms with Crippen molar-refractivity contribution >= 4 is 26.6 Å². The molecule has 8 nitrogen and oxygen atoms in total. The molecule has 1 amide bonds. The number of benzene rings is 2. The SMILES string of the molecule is Cc1cc(COc2ccc(S(=O)(=O)C3COC(O)C3C(N)=O)cc2)c2ccccc2n1. The van der Waals surface area contributed by atoms with Crippen molar-refractivity contribution in [3.05, 3.63) is 65.9 Å². The number of pyridine rings is 1. The lowest BCUT2D eigenvalue weighted by Crippen LogP contribution is -2.40. The van der Waals surface area contributed by atoms with E-state index in [-0.39, 0.29) is 11.5 Å². The largest absolute Gasteiger partial charge is 0.489 e. The van der Waals surface area contributed by atoms with E-state index in [4.69, 9.17) is 15.2 Å². The van der Waals surface area contributed by atoms with Gasteiger partial charge in [-0.05, 0) is 43.3 Å². The Morgan fingerprint density at radius 2 is 1.94 bits per heavy atom. The van der Waals surface area contributed by atoms with E-state index < -0.39 is 33.2 Å². The molecule has 0 spiro atoms. The van der Waals surface area contributed by atoms with Gasteiger partial charge in [0.15, 0.2) is 16.1 Å². The van der Waals surface area contributed by atoms with Crippen LogP contribution in [0.3, 0.4) is 0 Å². The molecule has 1 aliphatic heterocycles. The maximum Gasteiger partial charge on any atom is 0.227 e. The fraction of sp³-hybridized carbons (Fsp3) is 0.273. The number of ether oxygens (including phenoxy) is 2. The van der Waals surface area contributed by atoms with Crippen LogP contribution in [0.1, 0.15) is 11.3 Å². The fourth-order valence-electron chi connectivity index (χ4n) is 3.77. The van der Waals surface area contributed by atoms with Crippen molar-refractivity contribution in [1.29, 1.82) is 0 Å². The molecule has 1 fully saturated rings. The molecule has 1 aliphatic rings. The molecule has 31 heavy (non-hydrogen) atoms. The number of primary amides is 1. The lowest BCUT2D eigenvalue weighted by atomic mass is 10.1. The lowest BCUT2D eigenvalue weighted by molar-refractivity contribution is -0.133. The zero-order valence-electron chi connectivity index (χ0n) is 16.8. The predicted octanol–water partition coefficient (Wildman–Crippen LogP) is 1.71. The highest BCUT2D eigenvalue weighted by atomic mass is 32.2. The van der Waals surface area contributed by atoms with Crippen LogP contribution in [-0.2, 0) is 26.0 Å². The van der Waals surface area contributed by atoms with Crippen molar-refractivity contribution < 1.29 is 27.8 Å². The molecule has 1 aromatic heterocycles. The second-order valence-corrected chi connectivity index (χ2v) is 9.60. The average molecular weight is 442 g/mol. The Balaban J connectivity index is 1.52. The van der Waals surface area contributed by atoms with E-state index in [1.807, 2.05) is 37.3 Å². The zero-order chi connectivity index (χ0) is 22.2. The topological polar surface area (TPSA) is 129 Å². The summed E-state index contributed by atoms with van der Waals surface area (Å²) in [7, 11) is -3.93. The van der Waals surface area contributed by atoms with Crippen LogP contribution >= 0.6 is 0 Å². The molecule has 162 valence electrons. The first kappa shape index (κ1) is 21.2. The van der Waals surface area contributed by atoms with E-state index in [0.29, 0.717) is 12.4 Å². The van der Waals surface area contributed by atoms with Gasteiger partial charge < -0.3 is 20.3 Å². The van der Waals surface area contributed by atoms with Crippen LogP contribution in [0.2, 0.25) is 0 Å². The first-order valence-electron chi connectivity index (χ1n) is 9.68. The van der Waals surface area contributed by atoms with Gasteiger partial charge in [0.25, 0.3) is 0 Å². The summed E-state index contributed by atoms with van der Waals surface area (Å²) < 4.78 is 36.7. The zero-order valence-corrected chi connectivity index (χ0v) is 17.6. The van der Waals surface area contributed by atoms with Crippen LogP contribution in [0, 0.1) is 12.8 Å². The van der Waals surface area contributed by atoms with Gasteiger partial charge >= 0.3 is 0 Å². The van der Waals surface area contributed by atoms with Crippen molar-refractivity contribution in [2.24, 2.45) is 11.7 Å². The Morgan fingerprint density at radius 3 is 2.65 bits per heavy atom. The number of sulfone groups is 1. The number of carbonyl (C=O) groups is 1. The number of aliphatic hydroxyl groups is 1. The third-order valence-electron chi connectivity index (χ3n) is 5.34. The number of nitrogens with zero attached hydrogens (tertiary/aromatic N) is 1. The molecule has 1 saturated heterocycles. The van der Waals surface area contributed by atoms with Gasteiger partial charge in [-0.15, -0.1) is 0 Å². The van der Waals surface area contributed by atoms with Gasteiger partial charge in [-0.3, -0.25) is 9.78 Å². The van der Waals surface area contributed by atoms with E-state index in [9.17, 15) is 18.3 Å². The van der Waals surface area contributed by atoms with Gasteiger partial charge in [-0.25, -0.2) is 8.42 Å². The minimum absolute atomic E-state index is 0.000921. The van der Waals surface area contributed by atoms with Crippen molar-refractivity contribution in [2.75, 3.05) is 6.61 Å². The van der Waals surface area contributed by atoms with Gasteiger partial charge in [-0.1, -0.05) is 18.2 Å². The second kappa shape index (κ2) is 8.26. The lowest BCUT2D eigenvalue weighted by Gasteiger charge is -2.17. The molecule has 0 saturated carbocycles. The summed E-state index contributed by atoms with van der Waals surface area (Å²) in [5, 5.41) is 9.50. The minimum atomic E-state index is -3.93. The van der Waals surface area contributed by atoms with Crippen molar-refractivity contribution in [1.82, 2.24) is 4.98 Å². The summed E-state index contributed by atoms with van der Waals surface area (Å²) in [4.78, 5) is 16.1. The highest BCUT2D eigenvalue weighted by Crippen LogP contribution is 2.31. The first-order valence-corrected chi connectivity index (χ1v) is 11.2. The Hall–Kier alpha value is -3.01. The number of hydrogen-bond acceptors (Lipinski definition) is 7. The third-order valence-corrected chi connectivity index (χ3v) is 7.50. The molecule has 3 atom stereocenters. The number of rotatable bonds is 6. The van der Waals surface area contributed by atoms with E-state index in [2.05, 4.69) is 4.98 Å². The molecular formula is C22H22N2O6S. The smallest absolute Gasteiger partial charge is 0.227 e. The minimum Gasteiger partial charge on any atom is -0.489 e. The second-order valence-electron chi connectivity index (χ2n) is 7.44. The summed E-state index contributed by atoms with van der Waals surface area (Å²) in [6.45, 7) is 1.91. The van der Waals surface area contributed by atoms with Crippen LogP contribution in [0.25, 0.3) is 10.9 Å². The molecule has 3 aromatic rings. The fourth-order valence-corrected chi connectivity index (χ4v) is 5.54. The maximum absolute atomic E-state index is 12.9. The van der Waals surface area contributed by atoms with Crippen molar-refractivity contribution in [2.45, 2.75) is 30.0 Å². The number of carbonyl (C=O) groups excluding carboxylic acids is 1. The average Bonchev–Trinajstić information content (AvgIpc) is 3.15. The number of aryl methyl sites for hydroxylation is 1. The monoisotopic (exact) mass is 442 g/mol. The van der Waals surface area contributed by atoms with Gasteiger partial charge in [-0.2, -0.15) is 0 Å². The number of para-hydroxylation sites is 1. The van der Waals surface area contributed by atoms with Gasteiger partial charge in [0.1, 0.15) is 23.5 Å². The highest BCUT2D eigenvalue weighted by Gasteiger charge is 2.47. The van der Waals surface area contributed by atoms with Gasteiger partial charge in [0.2, 0.25) is 5.91 Å².